The largest absolute Gasteiger partial charge is 0.277 e. The molecule has 0 atom stereocenters. The molecule has 2 heterocycles. The lowest BCUT2D eigenvalue weighted by molar-refractivity contribution is -0.135. The number of oxime groups is 1. The maximum atomic E-state index is 13.4. The van der Waals surface area contributed by atoms with Crippen molar-refractivity contribution in [3.8, 4) is 0 Å². The number of amides is 1. The molecule has 30 heavy (non-hydrogen) atoms. The molecule has 0 radical (unpaired) electrons. The van der Waals surface area contributed by atoms with Crippen molar-refractivity contribution in [3.63, 3.8) is 0 Å². The van der Waals surface area contributed by atoms with Crippen molar-refractivity contribution in [2.24, 2.45) is 5.16 Å². The van der Waals surface area contributed by atoms with Gasteiger partial charge in [-0.05, 0) is 67.4 Å². The third-order valence-corrected chi connectivity index (χ3v) is 5.74. The second kappa shape index (κ2) is 6.97. The van der Waals surface area contributed by atoms with E-state index in [0.717, 1.165) is 32.5 Å². The zero-order valence-electron chi connectivity index (χ0n) is 16.8. The SMILES string of the molecule is Cc1cc(C)c(C2=NON3N(C(=O)c4cccc(Br)c4)c4ccccc4N23)c(C)c1. The van der Waals surface area contributed by atoms with Crippen molar-refractivity contribution < 1.29 is 9.73 Å². The van der Waals surface area contributed by atoms with Gasteiger partial charge >= 0.3 is 0 Å². The van der Waals surface area contributed by atoms with Crippen molar-refractivity contribution in [1.29, 1.82) is 0 Å². The number of amidine groups is 1. The van der Waals surface area contributed by atoms with Crippen LogP contribution in [0.2, 0.25) is 0 Å². The van der Waals surface area contributed by atoms with Crippen LogP contribution < -0.4 is 10.0 Å². The number of anilines is 2. The second-order valence-corrected chi connectivity index (χ2v) is 8.37. The highest BCUT2D eigenvalue weighted by Gasteiger charge is 2.47. The summed E-state index contributed by atoms with van der Waals surface area (Å²) in [6.07, 6.45) is 0. The Labute approximate surface area is 183 Å². The first-order valence-corrected chi connectivity index (χ1v) is 10.4. The molecule has 2 aliphatic rings. The summed E-state index contributed by atoms with van der Waals surface area (Å²) in [6, 6.07) is 19.3. The fraction of sp³-hybridized carbons (Fsp3) is 0.130. The Bertz CT molecular complexity index is 1200. The second-order valence-electron chi connectivity index (χ2n) is 7.45. The Morgan fingerprint density at radius 2 is 1.63 bits per heavy atom. The summed E-state index contributed by atoms with van der Waals surface area (Å²) < 4.78 is 0.836. The molecule has 0 saturated heterocycles. The van der Waals surface area contributed by atoms with Gasteiger partial charge in [0.05, 0.1) is 16.7 Å². The molecule has 0 spiro atoms. The van der Waals surface area contributed by atoms with E-state index >= 15 is 0 Å². The van der Waals surface area contributed by atoms with Crippen molar-refractivity contribution in [2.45, 2.75) is 20.8 Å². The molecule has 3 aromatic rings. The Kier molecular flexibility index (Phi) is 4.38. The minimum Gasteiger partial charge on any atom is -0.267 e. The van der Waals surface area contributed by atoms with E-state index in [4.69, 9.17) is 4.94 Å². The van der Waals surface area contributed by atoms with Gasteiger partial charge in [-0.1, -0.05) is 51.8 Å². The summed E-state index contributed by atoms with van der Waals surface area (Å²) in [5, 5.41) is 9.12. The van der Waals surface area contributed by atoms with Crippen LogP contribution in [0.5, 0.6) is 0 Å². The van der Waals surface area contributed by atoms with Crippen LogP contribution in [0.1, 0.15) is 32.6 Å². The van der Waals surface area contributed by atoms with Gasteiger partial charge in [-0.3, -0.25) is 9.73 Å². The summed E-state index contributed by atoms with van der Waals surface area (Å²) in [5.41, 5.74) is 6.50. The number of fused-ring (bicyclic) bond motifs is 3. The van der Waals surface area contributed by atoms with E-state index in [2.05, 4.69) is 54.0 Å². The Morgan fingerprint density at radius 3 is 2.33 bits per heavy atom. The smallest absolute Gasteiger partial charge is 0.267 e. The normalized spacial score (nSPS) is 15.0. The monoisotopic (exact) mass is 462 g/mol. The number of hydrogen-bond donors (Lipinski definition) is 0. The van der Waals surface area contributed by atoms with Crippen molar-refractivity contribution >= 4 is 39.0 Å². The van der Waals surface area contributed by atoms with Gasteiger partial charge < -0.3 is 0 Å². The molecule has 5 rings (SSSR count). The average molecular weight is 463 g/mol. The lowest BCUT2D eigenvalue weighted by Crippen LogP contribution is -2.49. The lowest BCUT2D eigenvalue weighted by atomic mass is 9.98. The van der Waals surface area contributed by atoms with E-state index in [1.54, 1.807) is 12.1 Å². The Hall–Kier alpha value is -3.16. The van der Waals surface area contributed by atoms with E-state index in [-0.39, 0.29) is 5.91 Å². The van der Waals surface area contributed by atoms with E-state index in [0.29, 0.717) is 11.4 Å². The van der Waals surface area contributed by atoms with Gasteiger partial charge in [0.25, 0.3) is 5.91 Å². The van der Waals surface area contributed by atoms with Crippen LogP contribution in [0.4, 0.5) is 11.4 Å². The number of benzene rings is 3. The third-order valence-electron chi connectivity index (χ3n) is 5.25. The summed E-state index contributed by atoms with van der Waals surface area (Å²) in [4.78, 5) is 19.1. The van der Waals surface area contributed by atoms with Gasteiger partial charge in [0.15, 0.2) is 0 Å². The highest BCUT2D eigenvalue weighted by atomic mass is 79.9. The molecular weight excluding hydrogens is 444 g/mol. The number of hydrazine groups is 2. The number of hydrogen-bond acceptors (Lipinski definition) is 5. The van der Waals surface area contributed by atoms with Crippen molar-refractivity contribution in [3.05, 3.63) is 93.0 Å². The average Bonchev–Trinajstić information content (AvgIpc) is 3.25. The molecule has 1 amide bonds. The topological polar surface area (TPSA) is 48.4 Å². The van der Waals surface area contributed by atoms with Gasteiger partial charge in [-0.15, -0.1) is 0 Å². The van der Waals surface area contributed by atoms with Crippen LogP contribution in [0.25, 0.3) is 0 Å². The Morgan fingerprint density at radius 1 is 0.933 bits per heavy atom. The molecule has 0 fully saturated rings. The van der Waals surface area contributed by atoms with Crippen LogP contribution in [0, 0.1) is 20.8 Å². The zero-order valence-corrected chi connectivity index (χ0v) is 18.3. The van der Waals surface area contributed by atoms with E-state index < -0.39 is 0 Å². The van der Waals surface area contributed by atoms with E-state index in [1.165, 1.54) is 15.9 Å². The molecule has 7 heteroatoms. The number of para-hydroxylation sites is 2. The molecule has 6 nitrogen and oxygen atoms in total. The molecule has 0 N–H and O–H groups in total. The fourth-order valence-corrected chi connectivity index (χ4v) is 4.49. The van der Waals surface area contributed by atoms with Crippen LogP contribution in [0.15, 0.2) is 70.3 Å². The van der Waals surface area contributed by atoms with Crippen molar-refractivity contribution in [2.75, 3.05) is 10.0 Å². The molecule has 3 aromatic carbocycles. The molecule has 0 aromatic heterocycles. The van der Waals surface area contributed by atoms with Crippen LogP contribution >= 0.6 is 15.9 Å². The predicted molar refractivity (Wildman–Crippen MR) is 120 cm³/mol. The molecule has 2 aliphatic heterocycles. The zero-order chi connectivity index (χ0) is 21.0. The first-order chi connectivity index (χ1) is 14.5. The van der Waals surface area contributed by atoms with Crippen molar-refractivity contribution in [1.82, 2.24) is 5.28 Å². The van der Waals surface area contributed by atoms with Crippen LogP contribution in [-0.4, -0.2) is 17.0 Å². The first kappa shape index (κ1) is 18.8. The van der Waals surface area contributed by atoms with Crippen LogP contribution in [0.3, 0.4) is 0 Å². The molecule has 0 saturated carbocycles. The third kappa shape index (κ3) is 2.81. The number of nitrogens with zero attached hydrogens (tertiary/aromatic N) is 4. The Balaban J connectivity index is 1.61. The summed E-state index contributed by atoms with van der Waals surface area (Å²) in [5.74, 6) is 0.446. The number of halogens is 1. The van der Waals surface area contributed by atoms with Gasteiger partial charge in [0, 0.05) is 15.6 Å². The molecular formula is C23H19BrN4O2. The highest BCUT2D eigenvalue weighted by Crippen LogP contribution is 2.43. The van der Waals surface area contributed by atoms with Crippen LogP contribution in [-0.2, 0) is 4.94 Å². The molecule has 0 aliphatic carbocycles. The van der Waals surface area contributed by atoms with E-state index in [1.807, 2.05) is 41.4 Å². The fourth-order valence-electron chi connectivity index (χ4n) is 4.09. The predicted octanol–water partition coefficient (Wildman–Crippen LogP) is 5.28. The number of rotatable bonds is 2. The molecule has 150 valence electrons. The summed E-state index contributed by atoms with van der Waals surface area (Å²) >= 11 is 3.44. The minimum absolute atomic E-state index is 0.208. The number of carbonyl (C=O) groups excluding carboxylic acids is 1. The quantitative estimate of drug-likeness (QED) is 0.519. The molecule has 0 bridgehead atoms. The maximum Gasteiger partial charge on any atom is 0.277 e. The minimum atomic E-state index is -0.208. The van der Waals surface area contributed by atoms with Gasteiger partial charge in [-0.2, -0.15) is 10.0 Å². The number of carbonyl (C=O) groups is 1. The lowest BCUT2D eigenvalue weighted by Gasteiger charge is -2.25. The van der Waals surface area contributed by atoms with Gasteiger partial charge in [0.2, 0.25) is 5.84 Å². The highest BCUT2D eigenvalue weighted by molar-refractivity contribution is 9.10. The summed E-state index contributed by atoms with van der Waals surface area (Å²) in [7, 11) is 0. The number of aryl methyl sites for hydroxylation is 3. The maximum absolute atomic E-state index is 13.4. The standard InChI is InChI=1S/C23H19BrN4O2/c1-14-11-15(2)21(16(3)12-14)22-25-30-28-26(22)19-9-4-5-10-20(19)27(28)23(29)17-7-6-8-18(24)13-17/h4-13H,1-3H3. The van der Waals surface area contributed by atoms with Gasteiger partial charge in [-0.25, -0.2) is 0 Å². The first-order valence-electron chi connectivity index (χ1n) is 9.58. The summed E-state index contributed by atoms with van der Waals surface area (Å²) in [6.45, 7) is 6.20. The molecule has 0 unspecified atom stereocenters. The van der Waals surface area contributed by atoms with E-state index in [9.17, 15) is 4.79 Å². The van der Waals surface area contributed by atoms with Gasteiger partial charge in [0.1, 0.15) is 0 Å².